The number of benzene rings is 1. The minimum atomic E-state index is -0.664. The lowest BCUT2D eigenvalue weighted by atomic mass is 10.1. The Kier molecular flexibility index (Phi) is 5.96. The van der Waals surface area contributed by atoms with E-state index in [-0.39, 0.29) is 18.1 Å². The van der Waals surface area contributed by atoms with Crippen molar-refractivity contribution in [3.05, 3.63) is 101 Å². The van der Waals surface area contributed by atoms with Crippen LogP contribution in [-0.2, 0) is 6.54 Å². The summed E-state index contributed by atoms with van der Waals surface area (Å²) in [5, 5.41) is 0.781. The smallest absolute Gasteiger partial charge is 0.254 e. The van der Waals surface area contributed by atoms with Crippen LogP contribution in [0.4, 0.5) is 15.9 Å². The van der Waals surface area contributed by atoms with Crippen molar-refractivity contribution in [1.82, 2.24) is 19.9 Å². The van der Waals surface area contributed by atoms with Gasteiger partial charge in [-0.05, 0) is 61.9 Å². The fourth-order valence-electron chi connectivity index (χ4n) is 3.58. The number of rotatable bonds is 5. The molecule has 0 radical (unpaired) electrons. The molecular formula is C25H21FN6O. The normalized spacial score (nSPS) is 11.7. The summed E-state index contributed by atoms with van der Waals surface area (Å²) in [4.78, 5) is 31.3. The largest absolute Gasteiger partial charge is 0.383 e. The van der Waals surface area contributed by atoms with Gasteiger partial charge in [0, 0.05) is 23.3 Å². The van der Waals surface area contributed by atoms with Gasteiger partial charge in [0.25, 0.3) is 5.91 Å². The predicted molar refractivity (Wildman–Crippen MR) is 124 cm³/mol. The molecule has 164 valence electrons. The molecule has 0 aliphatic carbocycles. The number of pyridine rings is 3. The lowest BCUT2D eigenvalue weighted by molar-refractivity contribution is 0.0664. The number of amides is 1. The highest BCUT2D eigenvalue weighted by molar-refractivity contribution is 5.98. The van der Waals surface area contributed by atoms with Crippen LogP contribution in [0.5, 0.6) is 0 Å². The number of nitrogen functional groups attached to an aromatic ring is 1. The van der Waals surface area contributed by atoms with Crippen molar-refractivity contribution < 1.29 is 9.18 Å². The lowest BCUT2D eigenvalue weighted by Crippen LogP contribution is -2.34. The zero-order chi connectivity index (χ0) is 23.5. The first-order valence-corrected chi connectivity index (χ1v) is 10.3. The molecule has 0 saturated carbocycles. The number of anilines is 1. The molecule has 1 aromatic carbocycles. The summed E-state index contributed by atoms with van der Waals surface area (Å²) in [6, 6.07) is 12.5. The van der Waals surface area contributed by atoms with Gasteiger partial charge in [-0.3, -0.25) is 14.8 Å². The van der Waals surface area contributed by atoms with Crippen molar-refractivity contribution in [1.29, 1.82) is 0 Å². The molecule has 3 heterocycles. The third-order valence-corrected chi connectivity index (χ3v) is 5.47. The zero-order valence-electron chi connectivity index (χ0n) is 18.2. The number of aryl methyl sites for hydroxylation is 1. The fraction of sp³-hybridized carbons (Fsp3) is 0.160. The standard InChI is InChI=1S/C25H21FN6O/c1-15-11-18-12-17(6-9-22(18)31-24(15)27)25(33)32(14-20-8-7-19(28-3)13-30-20)16(2)23-21(26)5-4-10-29-23/h4-13,16H,14H2,1-2H3,(H2,27,31)/t16-/m1/s1. The van der Waals surface area contributed by atoms with Crippen LogP contribution in [0, 0.1) is 19.3 Å². The van der Waals surface area contributed by atoms with Crippen LogP contribution in [-0.4, -0.2) is 25.8 Å². The van der Waals surface area contributed by atoms with Gasteiger partial charge in [0.05, 0.1) is 36.1 Å². The van der Waals surface area contributed by atoms with Crippen LogP contribution < -0.4 is 5.73 Å². The Hall–Kier alpha value is -4.38. The monoisotopic (exact) mass is 440 g/mol. The molecule has 8 heteroatoms. The minimum Gasteiger partial charge on any atom is -0.383 e. The van der Waals surface area contributed by atoms with Gasteiger partial charge in [0.15, 0.2) is 0 Å². The number of hydrogen-bond acceptors (Lipinski definition) is 5. The van der Waals surface area contributed by atoms with Gasteiger partial charge in [0.2, 0.25) is 5.69 Å². The summed E-state index contributed by atoms with van der Waals surface area (Å²) < 4.78 is 14.5. The van der Waals surface area contributed by atoms with Crippen LogP contribution in [0.15, 0.2) is 60.9 Å². The van der Waals surface area contributed by atoms with E-state index < -0.39 is 11.9 Å². The molecule has 2 N–H and O–H groups in total. The van der Waals surface area contributed by atoms with Gasteiger partial charge in [-0.25, -0.2) is 14.2 Å². The van der Waals surface area contributed by atoms with Gasteiger partial charge in [-0.2, -0.15) is 0 Å². The number of hydrogen-bond donors (Lipinski definition) is 1. The third-order valence-electron chi connectivity index (χ3n) is 5.47. The summed E-state index contributed by atoms with van der Waals surface area (Å²) in [5.74, 6) is -0.357. The van der Waals surface area contributed by atoms with Crippen LogP contribution in [0.1, 0.15) is 40.3 Å². The first-order valence-electron chi connectivity index (χ1n) is 10.3. The number of fused-ring (bicyclic) bond motifs is 1. The van der Waals surface area contributed by atoms with Crippen molar-refractivity contribution >= 4 is 28.3 Å². The lowest BCUT2D eigenvalue weighted by Gasteiger charge is -2.29. The molecule has 33 heavy (non-hydrogen) atoms. The number of nitrogens with zero attached hydrogens (tertiary/aromatic N) is 5. The van der Waals surface area contributed by atoms with E-state index in [2.05, 4.69) is 19.8 Å². The summed E-state index contributed by atoms with van der Waals surface area (Å²) in [7, 11) is 0. The van der Waals surface area contributed by atoms with E-state index in [4.69, 9.17) is 12.3 Å². The number of nitrogens with two attached hydrogens (primary N) is 1. The molecular weight excluding hydrogens is 419 g/mol. The van der Waals surface area contributed by atoms with Crippen LogP contribution in [0.3, 0.4) is 0 Å². The van der Waals surface area contributed by atoms with Gasteiger partial charge in [0.1, 0.15) is 11.6 Å². The second-order valence-corrected chi connectivity index (χ2v) is 7.70. The fourth-order valence-corrected chi connectivity index (χ4v) is 3.58. The third kappa shape index (κ3) is 4.48. The Morgan fingerprint density at radius 2 is 2.03 bits per heavy atom. The van der Waals surface area contributed by atoms with Crippen LogP contribution in [0.25, 0.3) is 15.7 Å². The molecule has 4 aromatic rings. The highest BCUT2D eigenvalue weighted by Gasteiger charge is 2.26. The van der Waals surface area contributed by atoms with Crippen molar-refractivity contribution in [2.24, 2.45) is 0 Å². The molecule has 4 rings (SSSR count). The maximum atomic E-state index is 14.5. The second kappa shape index (κ2) is 9.01. The number of halogens is 1. The zero-order valence-corrected chi connectivity index (χ0v) is 18.2. The molecule has 0 aliphatic rings. The van der Waals surface area contributed by atoms with Gasteiger partial charge < -0.3 is 10.6 Å². The Balaban J connectivity index is 1.75. The summed E-state index contributed by atoms with van der Waals surface area (Å²) in [5.41, 5.74) is 8.96. The summed E-state index contributed by atoms with van der Waals surface area (Å²) in [6.07, 6.45) is 2.95. The number of carbonyl (C=O) groups excluding carboxylic acids is 1. The first kappa shape index (κ1) is 21.8. The molecule has 0 unspecified atom stereocenters. The Morgan fingerprint density at radius 1 is 1.21 bits per heavy atom. The molecule has 0 saturated heterocycles. The minimum absolute atomic E-state index is 0.116. The topological polar surface area (TPSA) is 89.4 Å². The highest BCUT2D eigenvalue weighted by Crippen LogP contribution is 2.27. The van der Waals surface area contributed by atoms with Crippen LogP contribution in [0.2, 0.25) is 0 Å². The van der Waals surface area contributed by atoms with E-state index in [1.165, 1.54) is 29.4 Å². The van der Waals surface area contributed by atoms with Gasteiger partial charge >= 0.3 is 0 Å². The van der Waals surface area contributed by atoms with Gasteiger partial charge in [-0.15, -0.1) is 0 Å². The quantitative estimate of drug-likeness (QED) is 0.441. The maximum Gasteiger partial charge on any atom is 0.254 e. The molecule has 0 spiro atoms. The van der Waals surface area contributed by atoms with E-state index in [1.54, 1.807) is 37.3 Å². The van der Waals surface area contributed by atoms with Crippen molar-refractivity contribution in [2.45, 2.75) is 26.4 Å². The summed E-state index contributed by atoms with van der Waals surface area (Å²) >= 11 is 0. The molecule has 1 amide bonds. The molecule has 0 fully saturated rings. The van der Waals surface area contributed by atoms with E-state index in [0.717, 1.165) is 10.9 Å². The molecule has 0 aliphatic heterocycles. The average Bonchev–Trinajstić information content (AvgIpc) is 2.83. The number of carbonyl (C=O) groups is 1. The Bertz CT molecular complexity index is 1380. The van der Waals surface area contributed by atoms with E-state index in [1.807, 2.05) is 13.0 Å². The Morgan fingerprint density at radius 3 is 2.73 bits per heavy atom. The maximum absolute atomic E-state index is 14.5. The highest BCUT2D eigenvalue weighted by atomic mass is 19.1. The van der Waals surface area contributed by atoms with Crippen molar-refractivity contribution in [2.75, 3.05) is 5.73 Å². The second-order valence-electron chi connectivity index (χ2n) is 7.70. The molecule has 3 aromatic heterocycles. The van der Waals surface area contributed by atoms with E-state index >= 15 is 0 Å². The van der Waals surface area contributed by atoms with E-state index in [0.29, 0.717) is 28.3 Å². The Labute approximate surface area is 190 Å². The van der Waals surface area contributed by atoms with Crippen molar-refractivity contribution in [3.8, 4) is 0 Å². The number of aromatic nitrogens is 3. The molecule has 0 bridgehead atoms. The molecule has 1 atom stereocenters. The predicted octanol–water partition coefficient (Wildman–Crippen LogP) is 5.01. The summed E-state index contributed by atoms with van der Waals surface area (Å²) in [6.45, 7) is 10.8. The first-order chi connectivity index (χ1) is 15.9. The molecule has 7 nitrogen and oxygen atoms in total. The van der Waals surface area contributed by atoms with Crippen molar-refractivity contribution in [3.63, 3.8) is 0 Å². The van der Waals surface area contributed by atoms with Crippen LogP contribution >= 0.6 is 0 Å². The van der Waals surface area contributed by atoms with E-state index in [9.17, 15) is 9.18 Å². The SMILES string of the molecule is [C-]#[N+]c1ccc(CN(C(=O)c2ccc3nc(N)c(C)cc3c2)[C@H](C)c2ncccc2F)nc1. The average molecular weight is 440 g/mol. The van der Waals surface area contributed by atoms with Gasteiger partial charge in [-0.1, -0.05) is 6.07 Å².